The van der Waals surface area contributed by atoms with Gasteiger partial charge in [0, 0.05) is 25.1 Å². The molecule has 6 rings (SSSR count). The first-order valence-corrected chi connectivity index (χ1v) is 17.1. The average molecular weight is 690 g/mol. The molecular weight excluding hydrogens is 646 g/mol. The van der Waals surface area contributed by atoms with Gasteiger partial charge in [0.15, 0.2) is 6.10 Å². The molecule has 1 aliphatic heterocycles. The van der Waals surface area contributed by atoms with Gasteiger partial charge in [-0.2, -0.15) is 5.26 Å². The molecule has 0 bridgehead atoms. The van der Waals surface area contributed by atoms with Crippen LogP contribution >= 0.6 is 0 Å². The predicted octanol–water partition coefficient (Wildman–Crippen LogP) is 7.37. The van der Waals surface area contributed by atoms with E-state index in [-0.39, 0.29) is 13.2 Å². The molecule has 264 valence electrons. The summed E-state index contributed by atoms with van der Waals surface area (Å²) in [4.78, 5) is 17.5. The summed E-state index contributed by atoms with van der Waals surface area (Å²) in [6, 6.07) is 22.0. The Hall–Kier alpha value is -5.69. The van der Waals surface area contributed by atoms with Gasteiger partial charge in [-0.3, -0.25) is 0 Å². The topological polar surface area (TPSA) is 125 Å². The fourth-order valence-corrected chi connectivity index (χ4v) is 6.34. The Morgan fingerprint density at radius 2 is 1.71 bits per heavy atom. The molecular formula is C41H43N3O7. The molecule has 2 atom stereocenters. The second-order valence-corrected chi connectivity index (χ2v) is 13.2. The molecule has 2 unspecified atom stereocenters. The van der Waals surface area contributed by atoms with Gasteiger partial charge >= 0.3 is 5.97 Å². The van der Waals surface area contributed by atoms with Crippen molar-refractivity contribution in [1.29, 1.82) is 5.26 Å². The number of phenolic OH excluding ortho intramolecular Hbond substituents is 1. The van der Waals surface area contributed by atoms with Crippen molar-refractivity contribution in [3.63, 3.8) is 0 Å². The van der Waals surface area contributed by atoms with E-state index in [1.165, 1.54) is 0 Å². The number of esters is 1. The minimum atomic E-state index is -0.846. The molecule has 1 aliphatic rings. The molecule has 4 aromatic carbocycles. The maximum atomic E-state index is 12.7. The Bertz CT molecular complexity index is 2100. The first-order chi connectivity index (χ1) is 24.5. The number of phenols is 1. The van der Waals surface area contributed by atoms with Crippen LogP contribution < -0.4 is 18.9 Å². The Morgan fingerprint density at radius 3 is 2.41 bits per heavy atom. The summed E-state index contributed by atoms with van der Waals surface area (Å²) >= 11 is 0. The van der Waals surface area contributed by atoms with Crippen LogP contribution in [0.3, 0.4) is 0 Å². The molecule has 0 radical (unpaired) electrons. The van der Waals surface area contributed by atoms with Gasteiger partial charge in [0.1, 0.15) is 53.4 Å². The summed E-state index contributed by atoms with van der Waals surface area (Å²) in [5.74, 6) is 3.38. The molecule has 1 aromatic heterocycles. The van der Waals surface area contributed by atoms with Crippen LogP contribution in [0.1, 0.15) is 59.5 Å². The molecule has 0 aliphatic carbocycles. The number of rotatable bonds is 12. The zero-order valence-corrected chi connectivity index (χ0v) is 29.9. The van der Waals surface area contributed by atoms with Crippen molar-refractivity contribution in [1.82, 2.24) is 9.55 Å². The van der Waals surface area contributed by atoms with Crippen molar-refractivity contribution in [2.45, 2.75) is 72.2 Å². The van der Waals surface area contributed by atoms with E-state index in [9.17, 15) is 9.90 Å². The average Bonchev–Trinajstić information content (AvgIpc) is 3.46. The van der Waals surface area contributed by atoms with E-state index in [4.69, 9.17) is 33.9 Å². The lowest BCUT2D eigenvalue weighted by Gasteiger charge is -2.37. The SMILES string of the molecule is CCOC(=O)C(Cc1ccc(OCc2nc3ccc(OCC4(C)CCc5c(C)c(O)c(C)c(C)c5O4)cc3n2C)cc1)Oc1ccc(C#N)cc1. The number of hydrogen-bond acceptors (Lipinski definition) is 9. The highest BCUT2D eigenvalue weighted by Gasteiger charge is 2.35. The van der Waals surface area contributed by atoms with Crippen LogP contribution in [0.4, 0.5) is 0 Å². The third-order valence-corrected chi connectivity index (χ3v) is 9.61. The van der Waals surface area contributed by atoms with Gasteiger partial charge in [0.2, 0.25) is 0 Å². The van der Waals surface area contributed by atoms with Gasteiger partial charge in [-0.1, -0.05) is 12.1 Å². The van der Waals surface area contributed by atoms with Crippen LogP contribution in [0.5, 0.6) is 28.7 Å². The van der Waals surface area contributed by atoms with E-state index >= 15 is 0 Å². The van der Waals surface area contributed by atoms with Crippen LogP contribution in [0, 0.1) is 32.1 Å². The number of fused-ring (bicyclic) bond motifs is 2. The zero-order valence-electron chi connectivity index (χ0n) is 29.9. The van der Waals surface area contributed by atoms with Gasteiger partial charge in [-0.05, 0) is 118 Å². The first kappa shape index (κ1) is 35.1. The van der Waals surface area contributed by atoms with E-state index in [1.807, 2.05) is 74.9 Å². The summed E-state index contributed by atoms with van der Waals surface area (Å²) in [5.41, 5.74) is 6.41. The highest BCUT2D eigenvalue weighted by molar-refractivity contribution is 5.78. The summed E-state index contributed by atoms with van der Waals surface area (Å²) in [6.07, 6.45) is 1.04. The quantitative estimate of drug-likeness (QED) is 0.134. The number of aromatic nitrogens is 2. The van der Waals surface area contributed by atoms with Crippen LogP contribution in [0.15, 0.2) is 66.7 Å². The van der Waals surface area contributed by atoms with Crippen LogP contribution in [0.2, 0.25) is 0 Å². The molecule has 0 saturated heterocycles. The van der Waals surface area contributed by atoms with E-state index in [0.717, 1.165) is 69.0 Å². The van der Waals surface area contributed by atoms with Gasteiger partial charge in [0.25, 0.3) is 0 Å². The van der Waals surface area contributed by atoms with Gasteiger partial charge in [0.05, 0.1) is 29.3 Å². The van der Waals surface area contributed by atoms with E-state index in [1.54, 1.807) is 31.2 Å². The molecule has 1 N–H and O–H groups in total. The number of nitriles is 1. The predicted molar refractivity (Wildman–Crippen MR) is 193 cm³/mol. The second kappa shape index (κ2) is 14.7. The maximum Gasteiger partial charge on any atom is 0.347 e. The lowest BCUT2D eigenvalue weighted by molar-refractivity contribution is -0.151. The number of carbonyl (C=O) groups is 1. The summed E-state index contributed by atoms with van der Waals surface area (Å²) in [7, 11) is 1.95. The minimum Gasteiger partial charge on any atom is -0.507 e. The summed E-state index contributed by atoms with van der Waals surface area (Å²) < 4.78 is 32.1. The third kappa shape index (κ3) is 7.58. The number of aromatic hydroxyl groups is 1. The van der Waals surface area contributed by atoms with Crippen molar-refractivity contribution < 1.29 is 33.6 Å². The number of imidazole rings is 1. The fourth-order valence-electron chi connectivity index (χ4n) is 6.34. The Labute approximate surface area is 298 Å². The van der Waals surface area contributed by atoms with E-state index < -0.39 is 17.7 Å². The molecule has 51 heavy (non-hydrogen) atoms. The number of hydrogen-bond donors (Lipinski definition) is 1. The van der Waals surface area contributed by atoms with Crippen LogP contribution in [0.25, 0.3) is 11.0 Å². The first-order valence-electron chi connectivity index (χ1n) is 17.1. The van der Waals surface area contributed by atoms with Crippen LogP contribution in [-0.4, -0.2) is 45.5 Å². The normalized spacial score (nSPS) is 15.7. The Balaban J connectivity index is 1.07. The minimum absolute atomic E-state index is 0.242. The summed E-state index contributed by atoms with van der Waals surface area (Å²) in [5, 5.41) is 19.6. The lowest BCUT2D eigenvalue weighted by atomic mass is 9.87. The van der Waals surface area contributed by atoms with E-state index in [2.05, 4.69) is 13.0 Å². The standard InChI is InChI=1S/C41H43N3O7/c1-7-47-40(46)36(50-31-14-10-29(22-42)11-15-31)20-28-8-12-30(13-9-28)48-23-37-43-34-17-16-32(21-35(34)44(37)6)49-24-41(5)19-18-33-27(4)38(45)25(2)26(3)39(33)51-41/h8-17,21,36,45H,7,18-20,23-24H2,1-6H3. The molecule has 0 saturated carbocycles. The van der Waals surface area contributed by atoms with Crippen molar-refractivity contribution in [3.05, 3.63) is 106 Å². The molecule has 10 heteroatoms. The van der Waals surface area contributed by atoms with Crippen molar-refractivity contribution >= 4 is 17.0 Å². The zero-order chi connectivity index (χ0) is 36.3. The van der Waals surface area contributed by atoms with Gasteiger partial charge < -0.3 is 33.4 Å². The largest absolute Gasteiger partial charge is 0.507 e. The van der Waals surface area contributed by atoms with Gasteiger partial charge in [-0.15, -0.1) is 0 Å². The molecule has 0 spiro atoms. The number of ether oxygens (including phenoxy) is 5. The number of nitrogens with zero attached hydrogens (tertiary/aromatic N) is 3. The Kier molecular flexibility index (Phi) is 10.1. The molecule has 0 amide bonds. The maximum absolute atomic E-state index is 12.7. The van der Waals surface area contributed by atoms with Crippen molar-refractivity contribution in [3.8, 4) is 34.8 Å². The second-order valence-electron chi connectivity index (χ2n) is 13.2. The molecule has 2 heterocycles. The van der Waals surface area contributed by atoms with Crippen LogP contribution in [-0.2, 0) is 36.0 Å². The van der Waals surface area contributed by atoms with Crippen molar-refractivity contribution in [2.24, 2.45) is 7.05 Å². The third-order valence-electron chi connectivity index (χ3n) is 9.61. The molecule has 0 fully saturated rings. The van der Waals surface area contributed by atoms with Crippen molar-refractivity contribution in [2.75, 3.05) is 13.2 Å². The fraction of sp³-hybridized carbons (Fsp3) is 0.341. The van der Waals surface area contributed by atoms with E-state index in [0.29, 0.717) is 35.8 Å². The monoisotopic (exact) mass is 689 g/mol. The Morgan fingerprint density at radius 1 is 1.00 bits per heavy atom. The summed E-state index contributed by atoms with van der Waals surface area (Å²) in [6.45, 7) is 10.6. The lowest BCUT2D eigenvalue weighted by Crippen LogP contribution is -2.42. The number of benzene rings is 4. The highest BCUT2D eigenvalue weighted by atomic mass is 16.6. The highest BCUT2D eigenvalue weighted by Crippen LogP contribution is 2.43. The van der Waals surface area contributed by atoms with Gasteiger partial charge in [-0.25, -0.2) is 9.78 Å². The number of aryl methyl sites for hydroxylation is 1. The smallest absolute Gasteiger partial charge is 0.347 e. The number of carbonyl (C=O) groups excluding carboxylic acids is 1. The molecule has 5 aromatic rings. The molecule has 10 nitrogen and oxygen atoms in total.